The van der Waals surface area contributed by atoms with Crippen LogP contribution in [0.1, 0.15) is 36.5 Å². The number of amides is 1. The Morgan fingerprint density at radius 2 is 1.65 bits per heavy atom. The maximum atomic E-state index is 13.0. The molecule has 0 atom stereocenters. The van der Waals surface area contributed by atoms with Gasteiger partial charge in [0.15, 0.2) is 4.80 Å². The molecule has 0 saturated carbocycles. The number of rotatable bonds is 7. The Bertz CT molecular complexity index is 1620. The number of carbonyl (C=O) groups excluding carboxylic acids is 2. The van der Waals surface area contributed by atoms with Gasteiger partial charge in [0.2, 0.25) is 20.0 Å². The van der Waals surface area contributed by atoms with Gasteiger partial charge in [-0.15, -0.1) is 0 Å². The van der Waals surface area contributed by atoms with E-state index in [4.69, 9.17) is 9.88 Å². The van der Waals surface area contributed by atoms with Crippen LogP contribution >= 0.6 is 11.3 Å². The Labute approximate surface area is 218 Å². The van der Waals surface area contributed by atoms with Gasteiger partial charge in [-0.3, -0.25) is 9.59 Å². The molecule has 198 valence electrons. The van der Waals surface area contributed by atoms with Gasteiger partial charge in [0.05, 0.1) is 26.6 Å². The molecule has 4 rings (SSSR count). The van der Waals surface area contributed by atoms with E-state index in [9.17, 15) is 26.4 Å². The molecule has 3 aromatic rings. The molecule has 2 N–H and O–H groups in total. The van der Waals surface area contributed by atoms with E-state index in [1.807, 2.05) is 0 Å². The molecule has 1 fully saturated rings. The topological polar surface area (TPSA) is 158 Å². The van der Waals surface area contributed by atoms with Gasteiger partial charge in [0, 0.05) is 18.7 Å². The van der Waals surface area contributed by atoms with Crippen LogP contribution in [0.3, 0.4) is 0 Å². The summed E-state index contributed by atoms with van der Waals surface area (Å²) in [7, 11) is -7.61. The largest absolute Gasteiger partial charge is 0.465 e. The maximum Gasteiger partial charge on any atom is 0.326 e. The van der Waals surface area contributed by atoms with Gasteiger partial charge in [-0.1, -0.05) is 17.8 Å². The zero-order valence-corrected chi connectivity index (χ0v) is 22.4. The molecule has 0 aliphatic carbocycles. The second kappa shape index (κ2) is 10.8. The first-order valence-corrected chi connectivity index (χ1v) is 15.3. The summed E-state index contributed by atoms with van der Waals surface area (Å²) in [6.45, 7) is 2.52. The number of thiazole rings is 1. The molecule has 2 aromatic carbocycles. The van der Waals surface area contributed by atoms with Crippen molar-refractivity contribution in [2.24, 2.45) is 10.1 Å². The van der Waals surface area contributed by atoms with Gasteiger partial charge in [-0.05, 0) is 62.2 Å². The Morgan fingerprint density at radius 3 is 2.27 bits per heavy atom. The second-order valence-electron chi connectivity index (χ2n) is 8.36. The van der Waals surface area contributed by atoms with Crippen LogP contribution in [0, 0.1) is 0 Å². The number of nitrogens with two attached hydrogens (primary N) is 1. The smallest absolute Gasteiger partial charge is 0.326 e. The fourth-order valence-electron chi connectivity index (χ4n) is 3.98. The third-order valence-corrected chi connectivity index (χ3v) is 9.69. The molecule has 11 nitrogen and oxygen atoms in total. The molecule has 1 amide bonds. The van der Waals surface area contributed by atoms with E-state index in [-0.39, 0.29) is 33.3 Å². The highest BCUT2D eigenvalue weighted by Crippen LogP contribution is 2.23. The van der Waals surface area contributed by atoms with Crippen LogP contribution in [0.15, 0.2) is 57.2 Å². The van der Waals surface area contributed by atoms with Gasteiger partial charge in [-0.2, -0.15) is 9.30 Å². The predicted octanol–water partition coefficient (Wildman–Crippen LogP) is 1.83. The quantitative estimate of drug-likeness (QED) is 0.427. The van der Waals surface area contributed by atoms with Crippen molar-refractivity contribution in [1.82, 2.24) is 8.87 Å². The first kappa shape index (κ1) is 27.1. The van der Waals surface area contributed by atoms with Crippen LogP contribution in [0.2, 0.25) is 0 Å². The first-order valence-electron chi connectivity index (χ1n) is 11.5. The number of benzene rings is 2. The summed E-state index contributed by atoms with van der Waals surface area (Å²) in [6.07, 6.45) is 2.63. The van der Waals surface area contributed by atoms with E-state index in [1.165, 1.54) is 51.3 Å². The first-order chi connectivity index (χ1) is 17.5. The average Bonchev–Trinajstić information content (AvgIpc) is 3.20. The summed E-state index contributed by atoms with van der Waals surface area (Å²) < 4.78 is 57.7. The molecule has 0 unspecified atom stereocenters. The molecule has 0 radical (unpaired) electrons. The molecule has 1 saturated heterocycles. The highest BCUT2D eigenvalue weighted by molar-refractivity contribution is 7.89. The molecule has 1 aliphatic heterocycles. The molecule has 14 heteroatoms. The van der Waals surface area contributed by atoms with Crippen molar-refractivity contribution in [3.63, 3.8) is 0 Å². The fourth-order valence-corrected chi connectivity index (χ4v) is 7.18. The van der Waals surface area contributed by atoms with Crippen molar-refractivity contribution < 1.29 is 31.2 Å². The highest BCUT2D eigenvalue weighted by Gasteiger charge is 2.26. The fraction of sp³-hybridized carbons (Fsp3) is 0.348. The zero-order valence-electron chi connectivity index (χ0n) is 20.0. The molecule has 2 heterocycles. The molecule has 1 aliphatic rings. The standard InChI is InChI=1S/C23H26N4O7S3/c1-2-34-21(28)15-27-19-11-10-18(36(24,30)31)14-20(19)35-23(27)25-22(29)16-6-8-17(9-7-16)37(32,33)26-12-4-3-5-13-26/h6-11,14H,2-5,12-13,15H2,1H3,(H2,24,30,31). The van der Waals surface area contributed by atoms with Crippen molar-refractivity contribution in [1.29, 1.82) is 0 Å². The highest BCUT2D eigenvalue weighted by atomic mass is 32.2. The summed E-state index contributed by atoms with van der Waals surface area (Å²) >= 11 is 1.01. The van der Waals surface area contributed by atoms with Gasteiger partial charge < -0.3 is 9.30 Å². The van der Waals surface area contributed by atoms with E-state index < -0.39 is 31.9 Å². The SMILES string of the molecule is CCOC(=O)Cn1c(=NC(=O)c2ccc(S(=O)(=O)N3CCCCC3)cc2)sc2cc(S(N)(=O)=O)ccc21. The van der Waals surface area contributed by atoms with E-state index in [2.05, 4.69) is 4.99 Å². The molecule has 1 aromatic heterocycles. The number of primary sulfonamides is 1. The Balaban J connectivity index is 1.71. The van der Waals surface area contributed by atoms with Crippen LogP contribution < -0.4 is 9.94 Å². The summed E-state index contributed by atoms with van der Waals surface area (Å²) in [4.78, 5) is 29.5. The summed E-state index contributed by atoms with van der Waals surface area (Å²) in [5.74, 6) is -1.21. The number of hydrogen-bond donors (Lipinski definition) is 1. The molecular weight excluding hydrogens is 540 g/mol. The second-order valence-corrected chi connectivity index (χ2v) is 12.9. The minimum Gasteiger partial charge on any atom is -0.465 e. The number of hydrogen-bond acceptors (Lipinski definition) is 8. The minimum atomic E-state index is -3.96. The van der Waals surface area contributed by atoms with Crippen LogP contribution in [0.5, 0.6) is 0 Å². The molecular formula is C23H26N4O7S3. The van der Waals surface area contributed by atoms with Crippen LogP contribution in [-0.4, -0.2) is 57.3 Å². The van der Waals surface area contributed by atoms with Crippen molar-refractivity contribution in [2.75, 3.05) is 19.7 Å². The molecule has 0 spiro atoms. The normalized spacial score (nSPS) is 15.7. The number of esters is 1. The van der Waals surface area contributed by atoms with E-state index in [0.717, 1.165) is 30.6 Å². The van der Waals surface area contributed by atoms with Gasteiger partial charge in [0.1, 0.15) is 6.54 Å². The number of aromatic nitrogens is 1. The number of piperidine rings is 1. The lowest BCUT2D eigenvalue weighted by Gasteiger charge is -2.25. The van der Waals surface area contributed by atoms with Gasteiger partial charge in [0.25, 0.3) is 5.91 Å². The Kier molecular flexibility index (Phi) is 7.94. The number of sulfonamides is 2. The van der Waals surface area contributed by atoms with Crippen molar-refractivity contribution in [3.05, 3.63) is 52.8 Å². The number of carbonyl (C=O) groups is 2. The maximum absolute atomic E-state index is 13.0. The average molecular weight is 567 g/mol. The third-order valence-electron chi connectivity index (χ3n) is 5.83. The number of ether oxygens (including phenoxy) is 1. The van der Waals surface area contributed by atoms with Crippen LogP contribution in [0.25, 0.3) is 10.2 Å². The van der Waals surface area contributed by atoms with Gasteiger partial charge >= 0.3 is 5.97 Å². The lowest BCUT2D eigenvalue weighted by atomic mass is 10.2. The third kappa shape index (κ3) is 5.99. The summed E-state index contributed by atoms with van der Waals surface area (Å²) in [5, 5.41) is 5.23. The Hall–Kier alpha value is -2.91. The lowest BCUT2D eigenvalue weighted by Crippen LogP contribution is -2.35. The molecule has 0 bridgehead atoms. The van der Waals surface area contributed by atoms with E-state index in [1.54, 1.807) is 6.92 Å². The molecule has 37 heavy (non-hydrogen) atoms. The summed E-state index contributed by atoms with van der Waals surface area (Å²) in [5.41, 5.74) is 0.628. The lowest BCUT2D eigenvalue weighted by molar-refractivity contribution is -0.143. The summed E-state index contributed by atoms with van der Waals surface area (Å²) in [6, 6.07) is 9.68. The monoisotopic (exact) mass is 566 g/mol. The van der Waals surface area contributed by atoms with Crippen LogP contribution in [-0.2, 0) is 36.1 Å². The Morgan fingerprint density at radius 1 is 1.00 bits per heavy atom. The zero-order chi connectivity index (χ0) is 26.8. The van der Waals surface area contributed by atoms with Crippen molar-refractivity contribution in [2.45, 2.75) is 42.5 Å². The number of fused-ring (bicyclic) bond motifs is 1. The minimum absolute atomic E-state index is 0.0979. The van der Waals surface area contributed by atoms with Crippen molar-refractivity contribution >= 4 is 53.5 Å². The van der Waals surface area contributed by atoms with E-state index >= 15 is 0 Å². The van der Waals surface area contributed by atoms with Crippen molar-refractivity contribution in [3.8, 4) is 0 Å². The van der Waals surface area contributed by atoms with Gasteiger partial charge in [-0.25, -0.2) is 22.0 Å². The predicted molar refractivity (Wildman–Crippen MR) is 137 cm³/mol. The number of nitrogens with zero attached hydrogens (tertiary/aromatic N) is 3. The van der Waals surface area contributed by atoms with E-state index in [0.29, 0.717) is 23.3 Å². The van der Waals surface area contributed by atoms with Crippen LogP contribution in [0.4, 0.5) is 0 Å².